The Morgan fingerprint density at radius 2 is 1.88 bits per heavy atom. The number of pyridine rings is 1. The van der Waals surface area contributed by atoms with E-state index in [9.17, 15) is 4.79 Å². The van der Waals surface area contributed by atoms with Gasteiger partial charge in [-0.2, -0.15) is 0 Å². The van der Waals surface area contributed by atoms with Crippen molar-refractivity contribution in [1.29, 1.82) is 0 Å². The molecule has 1 aliphatic heterocycles. The number of hydrogen-bond donors (Lipinski definition) is 0. The van der Waals surface area contributed by atoms with Crippen LogP contribution in [-0.4, -0.2) is 54.4 Å². The quantitative estimate of drug-likeness (QED) is 0.760. The minimum atomic E-state index is -0.466. The second-order valence-electron chi connectivity index (χ2n) is 7.43. The van der Waals surface area contributed by atoms with Crippen LogP contribution >= 0.6 is 0 Å². The van der Waals surface area contributed by atoms with Crippen molar-refractivity contribution < 1.29 is 14.3 Å². The van der Waals surface area contributed by atoms with Crippen LogP contribution in [0.5, 0.6) is 5.75 Å². The Balaban J connectivity index is 2.00. The molecule has 1 aliphatic rings. The number of piperazine rings is 1. The number of aryl methyl sites for hydroxylation is 1. The third-order valence-electron chi connectivity index (χ3n) is 3.96. The first kappa shape index (κ1) is 19.3. The highest BCUT2D eigenvalue weighted by Gasteiger charge is 2.27. The summed E-state index contributed by atoms with van der Waals surface area (Å²) in [5.74, 6) is 1.70. The number of amides is 1. The van der Waals surface area contributed by atoms with Gasteiger partial charge in [-0.3, -0.25) is 0 Å². The molecule has 140 valence electrons. The predicted molar refractivity (Wildman–Crippen MR) is 99.4 cm³/mol. The summed E-state index contributed by atoms with van der Waals surface area (Å²) in [4.78, 5) is 20.8. The number of nitrogens with zero attached hydrogens (tertiary/aromatic N) is 3. The SMILES string of the molecule is CCCCOc1ccc(C)nc1N1CCN(C(=O)OC(C)(C)C)CC1. The molecule has 1 saturated heterocycles. The van der Waals surface area contributed by atoms with E-state index in [0.29, 0.717) is 19.7 Å². The molecule has 25 heavy (non-hydrogen) atoms. The Morgan fingerprint density at radius 1 is 1.20 bits per heavy atom. The zero-order valence-electron chi connectivity index (χ0n) is 16.2. The third-order valence-corrected chi connectivity index (χ3v) is 3.96. The molecule has 0 spiro atoms. The molecule has 0 aromatic carbocycles. The van der Waals surface area contributed by atoms with Gasteiger partial charge in [0.25, 0.3) is 0 Å². The van der Waals surface area contributed by atoms with Gasteiger partial charge < -0.3 is 19.3 Å². The van der Waals surface area contributed by atoms with Crippen LogP contribution in [0.25, 0.3) is 0 Å². The molecule has 1 aromatic heterocycles. The molecule has 1 amide bonds. The molecule has 6 heteroatoms. The largest absolute Gasteiger partial charge is 0.490 e. The van der Waals surface area contributed by atoms with Gasteiger partial charge in [-0.15, -0.1) is 0 Å². The molecule has 0 N–H and O–H groups in total. The topological polar surface area (TPSA) is 54.9 Å². The van der Waals surface area contributed by atoms with Gasteiger partial charge in [0.15, 0.2) is 11.6 Å². The van der Waals surface area contributed by atoms with Gasteiger partial charge in [0.1, 0.15) is 5.60 Å². The standard InChI is InChI=1S/C19H31N3O3/c1-6-7-14-24-16-9-8-15(2)20-17(16)21-10-12-22(13-11-21)18(23)25-19(3,4)5/h8-9H,6-7,10-14H2,1-5H3. The normalized spacial score (nSPS) is 15.2. The van der Waals surface area contributed by atoms with Gasteiger partial charge >= 0.3 is 6.09 Å². The molecular weight excluding hydrogens is 318 g/mol. The van der Waals surface area contributed by atoms with Crippen molar-refractivity contribution in [3.63, 3.8) is 0 Å². The zero-order chi connectivity index (χ0) is 18.4. The van der Waals surface area contributed by atoms with Crippen molar-refractivity contribution in [2.24, 2.45) is 0 Å². The van der Waals surface area contributed by atoms with E-state index in [-0.39, 0.29) is 6.09 Å². The Bertz CT molecular complexity index is 576. The minimum absolute atomic E-state index is 0.247. The number of aromatic nitrogens is 1. The summed E-state index contributed by atoms with van der Waals surface area (Å²) >= 11 is 0. The molecular formula is C19H31N3O3. The monoisotopic (exact) mass is 349 g/mol. The highest BCUT2D eigenvalue weighted by atomic mass is 16.6. The van der Waals surface area contributed by atoms with E-state index >= 15 is 0 Å². The van der Waals surface area contributed by atoms with Crippen molar-refractivity contribution in [3.8, 4) is 5.75 Å². The van der Waals surface area contributed by atoms with Crippen LogP contribution < -0.4 is 9.64 Å². The van der Waals surface area contributed by atoms with Crippen LogP contribution in [0, 0.1) is 6.92 Å². The van der Waals surface area contributed by atoms with Gasteiger partial charge in [0.05, 0.1) is 6.61 Å². The lowest BCUT2D eigenvalue weighted by atomic mass is 10.2. The van der Waals surface area contributed by atoms with Crippen molar-refractivity contribution in [2.75, 3.05) is 37.7 Å². The van der Waals surface area contributed by atoms with E-state index in [2.05, 4.69) is 16.8 Å². The maximum Gasteiger partial charge on any atom is 0.410 e. The van der Waals surface area contributed by atoms with Gasteiger partial charge in [-0.05, 0) is 46.2 Å². The minimum Gasteiger partial charge on any atom is -0.490 e. The van der Waals surface area contributed by atoms with Crippen LogP contribution in [0.2, 0.25) is 0 Å². The van der Waals surface area contributed by atoms with Crippen molar-refractivity contribution in [2.45, 2.75) is 53.1 Å². The lowest BCUT2D eigenvalue weighted by Gasteiger charge is -2.36. The number of anilines is 1. The summed E-state index contributed by atoms with van der Waals surface area (Å²) in [5, 5.41) is 0. The average Bonchev–Trinajstić information content (AvgIpc) is 2.55. The Morgan fingerprint density at radius 3 is 2.48 bits per heavy atom. The molecule has 0 bridgehead atoms. The van der Waals surface area contributed by atoms with Gasteiger partial charge in [0, 0.05) is 31.9 Å². The van der Waals surface area contributed by atoms with Gasteiger partial charge in [-0.25, -0.2) is 9.78 Å². The fraction of sp³-hybridized carbons (Fsp3) is 0.684. The van der Waals surface area contributed by atoms with Crippen LogP contribution in [-0.2, 0) is 4.74 Å². The van der Waals surface area contributed by atoms with E-state index in [1.54, 1.807) is 4.90 Å². The number of carbonyl (C=O) groups is 1. The molecule has 1 fully saturated rings. The highest BCUT2D eigenvalue weighted by Crippen LogP contribution is 2.28. The zero-order valence-corrected chi connectivity index (χ0v) is 16.2. The van der Waals surface area contributed by atoms with Crippen LogP contribution in [0.3, 0.4) is 0 Å². The molecule has 0 radical (unpaired) electrons. The maximum atomic E-state index is 12.2. The predicted octanol–water partition coefficient (Wildman–Crippen LogP) is 3.63. The van der Waals surface area contributed by atoms with E-state index in [0.717, 1.165) is 43.2 Å². The van der Waals surface area contributed by atoms with Crippen molar-refractivity contribution in [1.82, 2.24) is 9.88 Å². The molecule has 6 nitrogen and oxygen atoms in total. The molecule has 2 heterocycles. The number of unbranched alkanes of at least 4 members (excludes halogenated alkanes) is 1. The summed E-state index contributed by atoms with van der Waals surface area (Å²) in [5.41, 5.74) is 0.500. The summed E-state index contributed by atoms with van der Waals surface area (Å²) in [6.07, 6.45) is 1.88. The van der Waals surface area contributed by atoms with Crippen LogP contribution in [0.1, 0.15) is 46.2 Å². The number of hydrogen-bond acceptors (Lipinski definition) is 5. The summed E-state index contributed by atoms with van der Waals surface area (Å²) in [7, 11) is 0. The molecule has 0 aliphatic carbocycles. The van der Waals surface area contributed by atoms with Crippen LogP contribution in [0.15, 0.2) is 12.1 Å². The van der Waals surface area contributed by atoms with Gasteiger partial charge in [0.2, 0.25) is 0 Å². The summed E-state index contributed by atoms with van der Waals surface area (Å²) in [6, 6.07) is 3.97. The lowest BCUT2D eigenvalue weighted by Crippen LogP contribution is -2.50. The average molecular weight is 349 g/mol. The first-order valence-corrected chi connectivity index (χ1v) is 9.13. The number of rotatable bonds is 5. The van der Waals surface area contributed by atoms with Crippen molar-refractivity contribution >= 4 is 11.9 Å². The van der Waals surface area contributed by atoms with E-state index in [1.165, 1.54) is 0 Å². The second kappa shape index (κ2) is 8.41. The molecule has 0 unspecified atom stereocenters. The third kappa shape index (κ3) is 5.80. The molecule has 2 rings (SSSR count). The number of carbonyl (C=O) groups excluding carboxylic acids is 1. The van der Waals surface area contributed by atoms with E-state index < -0.39 is 5.60 Å². The fourth-order valence-corrected chi connectivity index (χ4v) is 2.62. The fourth-order valence-electron chi connectivity index (χ4n) is 2.62. The first-order chi connectivity index (χ1) is 11.8. The van der Waals surface area contributed by atoms with E-state index in [1.807, 2.05) is 39.8 Å². The first-order valence-electron chi connectivity index (χ1n) is 9.13. The molecule has 0 atom stereocenters. The molecule has 0 saturated carbocycles. The summed E-state index contributed by atoms with van der Waals surface area (Å²) < 4.78 is 11.4. The summed E-state index contributed by atoms with van der Waals surface area (Å²) in [6.45, 7) is 13.2. The van der Waals surface area contributed by atoms with E-state index in [4.69, 9.17) is 9.47 Å². The second-order valence-corrected chi connectivity index (χ2v) is 7.43. The smallest absolute Gasteiger partial charge is 0.410 e. The Kier molecular flexibility index (Phi) is 6.51. The Hall–Kier alpha value is -1.98. The Labute approximate surface area is 151 Å². The van der Waals surface area contributed by atoms with Gasteiger partial charge in [-0.1, -0.05) is 13.3 Å². The molecule has 1 aromatic rings. The highest BCUT2D eigenvalue weighted by molar-refractivity contribution is 5.68. The maximum absolute atomic E-state index is 12.2. The number of ether oxygens (including phenoxy) is 2. The van der Waals surface area contributed by atoms with Crippen LogP contribution in [0.4, 0.5) is 10.6 Å². The van der Waals surface area contributed by atoms with Crippen molar-refractivity contribution in [3.05, 3.63) is 17.8 Å². The lowest BCUT2D eigenvalue weighted by molar-refractivity contribution is 0.0240.